The lowest BCUT2D eigenvalue weighted by Gasteiger charge is -2.22. The van der Waals surface area contributed by atoms with E-state index in [2.05, 4.69) is 18.1 Å². The van der Waals surface area contributed by atoms with Crippen molar-refractivity contribution in [1.82, 2.24) is 4.90 Å². The van der Waals surface area contributed by atoms with Gasteiger partial charge in [0, 0.05) is 29.7 Å². The third kappa shape index (κ3) is 4.66. The largest absolute Gasteiger partial charge is 0.294 e. The van der Waals surface area contributed by atoms with Crippen molar-refractivity contribution >= 4 is 34.8 Å². The van der Waals surface area contributed by atoms with Gasteiger partial charge in [0.05, 0.1) is 5.38 Å². The zero-order chi connectivity index (χ0) is 13.5. The van der Waals surface area contributed by atoms with Crippen molar-refractivity contribution in [2.45, 2.75) is 5.38 Å². The molecule has 1 aromatic rings. The summed E-state index contributed by atoms with van der Waals surface area (Å²) in [4.78, 5) is 2.14. The molecular formula is C14H16Cl3N. The smallest absolute Gasteiger partial charge is 0.0726 e. The minimum absolute atomic E-state index is 0.185. The van der Waals surface area contributed by atoms with Gasteiger partial charge in [-0.25, -0.2) is 0 Å². The first-order valence-corrected chi connectivity index (χ1v) is 6.81. The van der Waals surface area contributed by atoms with Gasteiger partial charge in [-0.05, 0) is 17.7 Å². The summed E-state index contributed by atoms with van der Waals surface area (Å²) in [6, 6.07) is 5.37. The predicted octanol–water partition coefficient (Wildman–Crippen LogP) is 4.95. The summed E-state index contributed by atoms with van der Waals surface area (Å²) in [6.07, 6.45) is 3.69. The normalized spacial score (nSPS) is 12.4. The van der Waals surface area contributed by atoms with Crippen LogP contribution in [0.5, 0.6) is 0 Å². The number of benzene rings is 1. The number of alkyl halides is 1. The van der Waals surface area contributed by atoms with Crippen LogP contribution in [0, 0.1) is 0 Å². The van der Waals surface area contributed by atoms with Crippen LogP contribution in [0.4, 0.5) is 0 Å². The van der Waals surface area contributed by atoms with E-state index in [1.54, 1.807) is 12.1 Å². The number of hydrogen-bond donors (Lipinski definition) is 0. The maximum absolute atomic E-state index is 6.39. The van der Waals surface area contributed by atoms with Gasteiger partial charge in [-0.3, -0.25) is 4.90 Å². The molecule has 0 saturated heterocycles. The summed E-state index contributed by atoms with van der Waals surface area (Å²) >= 11 is 18.4. The van der Waals surface area contributed by atoms with Crippen LogP contribution in [0.3, 0.4) is 0 Å². The van der Waals surface area contributed by atoms with Crippen LogP contribution < -0.4 is 0 Å². The van der Waals surface area contributed by atoms with Crippen molar-refractivity contribution < 1.29 is 0 Å². The molecule has 0 aliphatic carbocycles. The van der Waals surface area contributed by atoms with Crippen molar-refractivity contribution in [2.24, 2.45) is 0 Å². The van der Waals surface area contributed by atoms with Gasteiger partial charge in [0.25, 0.3) is 0 Å². The molecule has 1 rings (SSSR count). The second kappa shape index (κ2) is 7.85. The summed E-state index contributed by atoms with van der Waals surface area (Å²) in [5, 5.41) is 1.02. The maximum atomic E-state index is 6.39. The van der Waals surface area contributed by atoms with E-state index >= 15 is 0 Å². The fourth-order valence-electron chi connectivity index (χ4n) is 1.67. The van der Waals surface area contributed by atoms with Crippen LogP contribution in [-0.4, -0.2) is 24.5 Å². The summed E-state index contributed by atoms with van der Waals surface area (Å²) in [5.74, 6) is 0. The zero-order valence-electron chi connectivity index (χ0n) is 10.1. The molecule has 0 aliphatic heterocycles. The van der Waals surface area contributed by atoms with Crippen LogP contribution >= 0.6 is 34.8 Å². The molecular weight excluding hydrogens is 289 g/mol. The molecule has 1 nitrogen and oxygen atoms in total. The first-order chi connectivity index (χ1) is 8.58. The molecule has 98 valence electrons. The summed E-state index contributed by atoms with van der Waals surface area (Å²) in [6.45, 7) is 9.67. The lowest BCUT2D eigenvalue weighted by Crippen LogP contribution is -2.27. The number of nitrogens with zero attached hydrogens (tertiary/aromatic N) is 1. The molecule has 0 aliphatic rings. The molecule has 0 heterocycles. The van der Waals surface area contributed by atoms with Gasteiger partial charge in [0.2, 0.25) is 0 Å². The third-order valence-electron chi connectivity index (χ3n) is 2.49. The Balaban J connectivity index is 2.75. The highest BCUT2D eigenvalue weighted by Gasteiger charge is 2.15. The van der Waals surface area contributed by atoms with Crippen molar-refractivity contribution in [2.75, 3.05) is 19.6 Å². The van der Waals surface area contributed by atoms with Crippen molar-refractivity contribution in [3.63, 3.8) is 0 Å². The van der Waals surface area contributed by atoms with E-state index in [0.29, 0.717) is 16.6 Å². The summed E-state index contributed by atoms with van der Waals surface area (Å²) in [7, 11) is 0. The Morgan fingerprint density at radius 1 is 1.17 bits per heavy atom. The van der Waals surface area contributed by atoms with Crippen molar-refractivity contribution in [1.29, 1.82) is 0 Å². The molecule has 0 aromatic heterocycles. The summed E-state index contributed by atoms with van der Waals surface area (Å²) < 4.78 is 0. The van der Waals surface area contributed by atoms with Crippen LogP contribution in [0.15, 0.2) is 43.5 Å². The Bertz CT molecular complexity index is 408. The molecule has 0 saturated carbocycles. The van der Waals surface area contributed by atoms with Gasteiger partial charge in [-0.2, -0.15) is 0 Å². The second-order valence-corrected chi connectivity index (χ2v) is 5.30. The lowest BCUT2D eigenvalue weighted by atomic mass is 10.1. The Hall–Kier alpha value is -0.470. The van der Waals surface area contributed by atoms with Gasteiger partial charge in [0.15, 0.2) is 0 Å². The average molecular weight is 305 g/mol. The van der Waals surface area contributed by atoms with Crippen molar-refractivity contribution in [3.8, 4) is 0 Å². The zero-order valence-corrected chi connectivity index (χ0v) is 12.3. The van der Waals surface area contributed by atoms with E-state index in [1.807, 2.05) is 18.2 Å². The van der Waals surface area contributed by atoms with E-state index in [1.165, 1.54) is 0 Å². The fourth-order valence-corrected chi connectivity index (χ4v) is 2.65. The average Bonchev–Trinajstić information content (AvgIpc) is 2.29. The number of rotatable bonds is 7. The molecule has 1 aromatic carbocycles. The van der Waals surface area contributed by atoms with Crippen molar-refractivity contribution in [3.05, 3.63) is 59.1 Å². The molecule has 18 heavy (non-hydrogen) atoms. The number of hydrogen-bond acceptors (Lipinski definition) is 1. The molecule has 1 atom stereocenters. The van der Waals surface area contributed by atoms with Crippen LogP contribution in [0.1, 0.15) is 10.9 Å². The Morgan fingerprint density at radius 3 is 2.28 bits per heavy atom. The topological polar surface area (TPSA) is 3.24 Å². The quantitative estimate of drug-likeness (QED) is 0.509. The first kappa shape index (κ1) is 15.6. The van der Waals surface area contributed by atoms with Gasteiger partial charge in [-0.15, -0.1) is 24.8 Å². The molecule has 4 heteroatoms. The summed E-state index contributed by atoms with van der Waals surface area (Å²) in [5.41, 5.74) is 0.890. The van der Waals surface area contributed by atoms with E-state index < -0.39 is 0 Å². The molecule has 0 amide bonds. The lowest BCUT2D eigenvalue weighted by molar-refractivity contribution is 0.335. The molecule has 0 bridgehead atoms. The van der Waals surface area contributed by atoms with Gasteiger partial charge < -0.3 is 0 Å². The monoisotopic (exact) mass is 303 g/mol. The molecule has 0 N–H and O–H groups in total. The third-order valence-corrected chi connectivity index (χ3v) is 3.43. The molecule has 0 radical (unpaired) electrons. The maximum Gasteiger partial charge on any atom is 0.0726 e. The standard InChI is InChI=1S/C14H16Cl3N/c1-3-7-18(8-4-2)10-14(17)12-6-5-11(15)9-13(12)16/h3-6,9,14H,1-2,7-8,10H2. The highest BCUT2D eigenvalue weighted by atomic mass is 35.5. The molecule has 1 unspecified atom stereocenters. The Morgan fingerprint density at radius 2 is 1.78 bits per heavy atom. The van der Waals surface area contributed by atoms with Crippen LogP contribution in [0.2, 0.25) is 10.0 Å². The van der Waals surface area contributed by atoms with Gasteiger partial charge >= 0.3 is 0 Å². The highest BCUT2D eigenvalue weighted by Crippen LogP contribution is 2.30. The molecule has 0 spiro atoms. The minimum Gasteiger partial charge on any atom is -0.294 e. The first-order valence-electron chi connectivity index (χ1n) is 5.61. The van der Waals surface area contributed by atoms with Gasteiger partial charge in [-0.1, -0.05) is 41.4 Å². The number of halogens is 3. The Labute approximate surface area is 124 Å². The Kier molecular flexibility index (Phi) is 6.80. The fraction of sp³-hybridized carbons (Fsp3) is 0.286. The van der Waals surface area contributed by atoms with E-state index in [-0.39, 0.29) is 5.38 Å². The van der Waals surface area contributed by atoms with Crippen LogP contribution in [0.25, 0.3) is 0 Å². The SMILES string of the molecule is C=CCN(CC=C)CC(Cl)c1ccc(Cl)cc1Cl. The van der Waals surface area contributed by atoms with E-state index in [9.17, 15) is 0 Å². The van der Waals surface area contributed by atoms with Gasteiger partial charge in [0.1, 0.15) is 0 Å². The highest BCUT2D eigenvalue weighted by molar-refractivity contribution is 6.35. The van der Waals surface area contributed by atoms with Crippen LogP contribution in [-0.2, 0) is 0 Å². The minimum atomic E-state index is -0.185. The second-order valence-electron chi connectivity index (χ2n) is 3.93. The van der Waals surface area contributed by atoms with E-state index in [0.717, 1.165) is 18.7 Å². The van der Waals surface area contributed by atoms with E-state index in [4.69, 9.17) is 34.8 Å². The molecule has 0 fully saturated rings. The predicted molar refractivity (Wildman–Crippen MR) is 81.9 cm³/mol.